The summed E-state index contributed by atoms with van der Waals surface area (Å²) in [4.78, 5) is 0. The Morgan fingerprint density at radius 3 is 2.50 bits per heavy atom. The molecule has 1 unspecified atom stereocenters. The van der Waals surface area contributed by atoms with Gasteiger partial charge >= 0.3 is 0 Å². The topological polar surface area (TPSA) is 9.23 Å². The summed E-state index contributed by atoms with van der Waals surface area (Å²) in [6.07, 6.45) is 2.45. The van der Waals surface area contributed by atoms with Crippen LogP contribution in [0.1, 0.15) is 29.2 Å². The quantitative estimate of drug-likeness (QED) is 0.743. The summed E-state index contributed by atoms with van der Waals surface area (Å²) in [5, 5.41) is 0. The third kappa shape index (κ3) is 3.02. The molecule has 0 amide bonds. The smallest absolute Gasteiger partial charge is 0.191 e. The number of aryl methyl sites for hydroxylation is 1. The van der Waals surface area contributed by atoms with Crippen LogP contribution in [0.25, 0.3) is 0 Å². The van der Waals surface area contributed by atoms with Gasteiger partial charge in [-0.15, -0.1) is 0 Å². The molecule has 20 heavy (non-hydrogen) atoms. The Morgan fingerprint density at radius 2 is 1.70 bits per heavy atom. The molecule has 1 heterocycles. The fourth-order valence-corrected chi connectivity index (χ4v) is 5.45. The molecule has 0 N–H and O–H groups in total. The molecule has 1 atom stereocenters. The maximum absolute atomic E-state index is 6.46. The van der Waals surface area contributed by atoms with Crippen molar-refractivity contribution in [2.45, 2.75) is 38.1 Å². The van der Waals surface area contributed by atoms with Crippen LogP contribution in [-0.4, -0.2) is 8.32 Å². The molecule has 1 aliphatic heterocycles. The van der Waals surface area contributed by atoms with Crippen LogP contribution in [0.4, 0.5) is 0 Å². The van der Waals surface area contributed by atoms with E-state index in [0.29, 0.717) is 0 Å². The summed E-state index contributed by atoms with van der Waals surface area (Å²) in [6.45, 7) is 4.66. The van der Waals surface area contributed by atoms with E-state index in [2.05, 4.69) is 67.7 Å². The summed E-state index contributed by atoms with van der Waals surface area (Å²) < 4.78 is 6.46. The maximum atomic E-state index is 6.46. The molecular weight excluding hydrogens is 260 g/mol. The standard InChI is InChI=1S/C18H22OSi/c1-20(2)14-16-10-6-7-11-17(16)18(19-20)13-12-15-8-4-3-5-9-15/h3-11,18H,12-14H2,1-2H3. The first-order chi connectivity index (χ1) is 9.64. The molecule has 0 saturated carbocycles. The molecule has 1 aliphatic rings. The van der Waals surface area contributed by atoms with Gasteiger partial charge in [-0.25, -0.2) is 0 Å². The van der Waals surface area contributed by atoms with E-state index >= 15 is 0 Å². The normalized spacial score (nSPS) is 20.4. The van der Waals surface area contributed by atoms with Gasteiger partial charge in [0.25, 0.3) is 0 Å². The average molecular weight is 282 g/mol. The van der Waals surface area contributed by atoms with Gasteiger partial charge < -0.3 is 4.43 Å². The lowest BCUT2D eigenvalue weighted by molar-refractivity contribution is 0.175. The number of benzene rings is 2. The summed E-state index contributed by atoms with van der Waals surface area (Å²) in [5.74, 6) is 0. The first kappa shape index (κ1) is 13.6. The Kier molecular flexibility index (Phi) is 3.77. The van der Waals surface area contributed by atoms with Crippen molar-refractivity contribution in [3.8, 4) is 0 Å². The van der Waals surface area contributed by atoms with Gasteiger partial charge in [0.1, 0.15) is 0 Å². The molecule has 2 heteroatoms. The maximum Gasteiger partial charge on any atom is 0.191 e. The van der Waals surface area contributed by atoms with Gasteiger partial charge in [-0.05, 0) is 48.7 Å². The minimum Gasteiger partial charge on any atom is -0.410 e. The molecule has 0 aromatic heterocycles. The van der Waals surface area contributed by atoms with Gasteiger partial charge in [-0.3, -0.25) is 0 Å². The molecule has 1 nitrogen and oxygen atoms in total. The van der Waals surface area contributed by atoms with Crippen molar-refractivity contribution in [3.63, 3.8) is 0 Å². The van der Waals surface area contributed by atoms with Gasteiger partial charge in [-0.1, -0.05) is 54.6 Å². The Balaban J connectivity index is 1.79. The summed E-state index contributed by atoms with van der Waals surface area (Å²) in [6, 6.07) is 20.7. The second-order valence-corrected chi connectivity index (χ2v) is 10.4. The van der Waals surface area contributed by atoms with Crippen LogP contribution in [-0.2, 0) is 16.9 Å². The molecule has 2 aromatic rings. The summed E-state index contributed by atoms with van der Waals surface area (Å²) in [7, 11) is -1.54. The Morgan fingerprint density at radius 1 is 1.00 bits per heavy atom. The minimum absolute atomic E-state index is 0.279. The van der Waals surface area contributed by atoms with E-state index in [9.17, 15) is 0 Å². The first-order valence-electron chi connectivity index (χ1n) is 7.44. The second kappa shape index (κ2) is 5.55. The van der Waals surface area contributed by atoms with Crippen molar-refractivity contribution in [3.05, 3.63) is 71.3 Å². The van der Waals surface area contributed by atoms with E-state index in [1.807, 2.05) is 0 Å². The zero-order chi connectivity index (χ0) is 14.0. The van der Waals surface area contributed by atoms with Crippen molar-refractivity contribution in [2.24, 2.45) is 0 Å². The van der Waals surface area contributed by atoms with Crippen molar-refractivity contribution in [2.75, 3.05) is 0 Å². The highest BCUT2D eigenvalue weighted by molar-refractivity contribution is 6.70. The van der Waals surface area contributed by atoms with Crippen molar-refractivity contribution < 1.29 is 4.43 Å². The Labute approximate surface area is 122 Å². The minimum atomic E-state index is -1.54. The molecule has 0 radical (unpaired) electrons. The third-order valence-electron chi connectivity index (χ3n) is 4.02. The van der Waals surface area contributed by atoms with Crippen LogP contribution in [0.15, 0.2) is 54.6 Å². The highest BCUT2D eigenvalue weighted by atomic mass is 28.4. The van der Waals surface area contributed by atoms with Gasteiger partial charge in [0.15, 0.2) is 8.32 Å². The van der Waals surface area contributed by atoms with Crippen molar-refractivity contribution in [1.82, 2.24) is 0 Å². The number of rotatable bonds is 3. The van der Waals surface area contributed by atoms with Gasteiger partial charge in [0, 0.05) is 0 Å². The zero-order valence-electron chi connectivity index (χ0n) is 12.3. The number of fused-ring (bicyclic) bond motifs is 1. The molecule has 0 saturated heterocycles. The van der Waals surface area contributed by atoms with Gasteiger partial charge in [0.05, 0.1) is 6.10 Å². The molecule has 3 rings (SSSR count). The zero-order valence-corrected chi connectivity index (χ0v) is 13.3. The van der Waals surface area contributed by atoms with Crippen molar-refractivity contribution in [1.29, 1.82) is 0 Å². The molecule has 0 fully saturated rings. The third-order valence-corrected chi connectivity index (χ3v) is 6.17. The van der Waals surface area contributed by atoms with Crippen LogP contribution in [0.2, 0.25) is 13.1 Å². The lowest BCUT2D eigenvalue weighted by Crippen LogP contribution is -2.40. The van der Waals surface area contributed by atoms with Gasteiger partial charge in [0.2, 0.25) is 0 Å². The Hall–Kier alpha value is -1.38. The van der Waals surface area contributed by atoms with Crippen LogP contribution in [0, 0.1) is 0 Å². The average Bonchev–Trinajstić information content (AvgIpc) is 2.45. The first-order valence-corrected chi connectivity index (χ1v) is 10.6. The van der Waals surface area contributed by atoms with E-state index in [0.717, 1.165) is 18.9 Å². The molecule has 0 aliphatic carbocycles. The van der Waals surface area contributed by atoms with Crippen molar-refractivity contribution >= 4 is 8.32 Å². The largest absolute Gasteiger partial charge is 0.410 e. The lowest BCUT2D eigenvalue weighted by Gasteiger charge is -2.36. The predicted molar refractivity (Wildman–Crippen MR) is 86.2 cm³/mol. The molecule has 2 aromatic carbocycles. The highest BCUT2D eigenvalue weighted by Gasteiger charge is 2.34. The monoisotopic (exact) mass is 282 g/mol. The number of hydrogen-bond acceptors (Lipinski definition) is 1. The van der Waals surface area contributed by atoms with E-state index in [4.69, 9.17) is 4.43 Å². The summed E-state index contributed by atoms with van der Waals surface area (Å²) in [5.41, 5.74) is 4.32. The lowest BCUT2D eigenvalue weighted by atomic mass is 9.98. The van der Waals surface area contributed by atoms with E-state index in [1.54, 1.807) is 0 Å². The molecule has 104 valence electrons. The Bertz CT molecular complexity index is 577. The van der Waals surface area contributed by atoms with E-state index in [-0.39, 0.29) is 6.10 Å². The summed E-state index contributed by atoms with van der Waals surface area (Å²) >= 11 is 0. The van der Waals surface area contributed by atoms with E-state index < -0.39 is 8.32 Å². The fourth-order valence-electron chi connectivity index (χ4n) is 3.12. The molecular formula is C18H22OSi. The van der Waals surface area contributed by atoms with Crippen LogP contribution in [0.3, 0.4) is 0 Å². The molecule has 0 spiro atoms. The van der Waals surface area contributed by atoms with Crippen LogP contribution < -0.4 is 0 Å². The van der Waals surface area contributed by atoms with Gasteiger partial charge in [-0.2, -0.15) is 0 Å². The van der Waals surface area contributed by atoms with E-state index in [1.165, 1.54) is 16.7 Å². The SMILES string of the molecule is C[Si]1(C)Cc2ccccc2C(CCc2ccccc2)O1. The highest BCUT2D eigenvalue weighted by Crippen LogP contribution is 2.36. The fraction of sp³-hybridized carbons (Fsp3) is 0.333. The predicted octanol–water partition coefficient (Wildman–Crippen LogP) is 4.68. The van der Waals surface area contributed by atoms with Crippen LogP contribution in [0.5, 0.6) is 0 Å². The van der Waals surface area contributed by atoms with Crippen LogP contribution >= 0.6 is 0 Å². The number of hydrogen-bond donors (Lipinski definition) is 0. The second-order valence-electron chi connectivity index (χ2n) is 6.27. The molecule has 0 bridgehead atoms.